The highest BCUT2D eigenvalue weighted by Crippen LogP contribution is 2.24. The van der Waals surface area contributed by atoms with Gasteiger partial charge in [0.25, 0.3) is 0 Å². The number of hydrogen-bond donors (Lipinski definition) is 1. The standard InChI is InChI=1S/C12H20O4/c1-8(2)4-3-5-10(14)11-9(6-13)7-16-12(11)15/h8-9,11,13H,3-7H2,1-2H3/t9-,11-/m1/s1. The first-order chi connectivity index (χ1) is 7.56. The quantitative estimate of drug-likeness (QED) is 0.547. The summed E-state index contributed by atoms with van der Waals surface area (Å²) in [7, 11) is 0. The summed E-state index contributed by atoms with van der Waals surface area (Å²) < 4.78 is 4.80. The first kappa shape index (κ1) is 13.2. The molecule has 0 aromatic rings. The Hall–Kier alpha value is -0.900. The van der Waals surface area contributed by atoms with E-state index >= 15 is 0 Å². The fourth-order valence-electron chi connectivity index (χ4n) is 1.96. The van der Waals surface area contributed by atoms with E-state index in [1.54, 1.807) is 0 Å². The third-order valence-electron chi connectivity index (χ3n) is 2.95. The fourth-order valence-corrected chi connectivity index (χ4v) is 1.96. The van der Waals surface area contributed by atoms with Gasteiger partial charge in [-0.05, 0) is 12.3 Å². The molecule has 16 heavy (non-hydrogen) atoms. The van der Waals surface area contributed by atoms with Gasteiger partial charge in [0.2, 0.25) is 0 Å². The molecule has 0 saturated carbocycles. The number of carbonyl (C=O) groups excluding carboxylic acids is 2. The second kappa shape index (κ2) is 5.99. The van der Waals surface area contributed by atoms with Crippen molar-refractivity contribution >= 4 is 11.8 Å². The molecule has 0 radical (unpaired) electrons. The van der Waals surface area contributed by atoms with Crippen LogP contribution in [0.1, 0.15) is 33.1 Å². The van der Waals surface area contributed by atoms with Gasteiger partial charge >= 0.3 is 5.97 Å². The van der Waals surface area contributed by atoms with Gasteiger partial charge in [-0.15, -0.1) is 0 Å². The van der Waals surface area contributed by atoms with Gasteiger partial charge in [0.1, 0.15) is 11.7 Å². The Morgan fingerprint density at radius 1 is 1.56 bits per heavy atom. The average Bonchev–Trinajstić information content (AvgIpc) is 2.58. The normalized spacial score (nSPS) is 24.9. The molecule has 1 aliphatic rings. The predicted molar refractivity (Wildman–Crippen MR) is 58.7 cm³/mol. The van der Waals surface area contributed by atoms with E-state index in [4.69, 9.17) is 9.84 Å². The van der Waals surface area contributed by atoms with Gasteiger partial charge in [-0.1, -0.05) is 20.3 Å². The number of carbonyl (C=O) groups is 2. The van der Waals surface area contributed by atoms with Crippen LogP contribution in [0, 0.1) is 17.8 Å². The lowest BCUT2D eigenvalue weighted by molar-refractivity contribution is -0.144. The number of Topliss-reactive ketones (excluding diaryl/α,β-unsaturated/α-hetero) is 1. The molecule has 0 bridgehead atoms. The van der Waals surface area contributed by atoms with Crippen molar-refractivity contribution in [2.45, 2.75) is 33.1 Å². The second-order valence-electron chi connectivity index (χ2n) is 4.80. The number of aliphatic hydroxyl groups is 1. The minimum absolute atomic E-state index is 0.0813. The lowest BCUT2D eigenvalue weighted by Gasteiger charge is -2.11. The number of aliphatic hydroxyl groups excluding tert-OH is 1. The molecule has 4 nitrogen and oxygen atoms in total. The number of ether oxygens (including phenoxy) is 1. The molecule has 92 valence electrons. The molecule has 2 atom stereocenters. The summed E-state index contributed by atoms with van der Waals surface area (Å²) in [4.78, 5) is 23.1. The maximum absolute atomic E-state index is 11.8. The number of cyclic esters (lactones) is 1. The number of hydrogen-bond acceptors (Lipinski definition) is 4. The van der Waals surface area contributed by atoms with Crippen molar-refractivity contribution in [3.63, 3.8) is 0 Å². The summed E-state index contributed by atoms with van der Waals surface area (Å²) in [6.45, 7) is 4.22. The molecular weight excluding hydrogens is 208 g/mol. The molecule has 0 aromatic heterocycles. The molecule has 1 aliphatic heterocycles. The Morgan fingerprint density at radius 3 is 2.81 bits per heavy atom. The van der Waals surface area contributed by atoms with E-state index in [9.17, 15) is 9.59 Å². The largest absolute Gasteiger partial charge is 0.465 e. The maximum Gasteiger partial charge on any atom is 0.316 e. The maximum atomic E-state index is 11.8. The first-order valence-electron chi connectivity index (χ1n) is 5.86. The van der Waals surface area contributed by atoms with E-state index in [0.29, 0.717) is 12.3 Å². The average molecular weight is 228 g/mol. The van der Waals surface area contributed by atoms with E-state index in [1.807, 2.05) is 0 Å². The summed E-state index contributed by atoms with van der Waals surface area (Å²) in [5.41, 5.74) is 0. The molecule has 0 spiro atoms. The molecule has 1 rings (SSSR count). The van der Waals surface area contributed by atoms with E-state index in [2.05, 4.69) is 13.8 Å². The molecular formula is C12H20O4. The van der Waals surface area contributed by atoms with Crippen LogP contribution in [0.2, 0.25) is 0 Å². The van der Waals surface area contributed by atoms with Crippen LogP contribution in [0.15, 0.2) is 0 Å². The third-order valence-corrected chi connectivity index (χ3v) is 2.95. The summed E-state index contributed by atoms with van der Waals surface area (Å²) in [6, 6.07) is 0. The number of esters is 1. The van der Waals surface area contributed by atoms with Crippen molar-refractivity contribution in [3.05, 3.63) is 0 Å². The minimum Gasteiger partial charge on any atom is -0.465 e. The molecule has 1 saturated heterocycles. The predicted octanol–water partition coefficient (Wildman–Crippen LogP) is 1.16. The number of ketones is 1. The van der Waals surface area contributed by atoms with E-state index in [-0.39, 0.29) is 24.9 Å². The second-order valence-corrected chi connectivity index (χ2v) is 4.80. The summed E-state index contributed by atoms with van der Waals surface area (Å²) in [5.74, 6) is -1.04. The molecule has 0 aliphatic carbocycles. The number of rotatable bonds is 6. The van der Waals surface area contributed by atoms with Crippen molar-refractivity contribution in [2.24, 2.45) is 17.8 Å². The van der Waals surface area contributed by atoms with Crippen molar-refractivity contribution < 1.29 is 19.4 Å². The van der Waals surface area contributed by atoms with Crippen LogP contribution in [-0.4, -0.2) is 30.1 Å². The van der Waals surface area contributed by atoms with Crippen LogP contribution in [0.3, 0.4) is 0 Å². The highest BCUT2D eigenvalue weighted by atomic mass is 16.5. The van der Waals surface area contributed by atoms with Gasteiger partial charge in [-0.2, -0.15) is 0 Å². The van der Waals surface area contributed by atoms with E-state index < -0.39 is 11.9 Å². The zero-order valence-electron chi connectivity index (χ0n) is 9.94. The Balaban J connectivity index is 2.42. The van der Waals surface area contributed by atoms with Crippen molar-refractivity contribution in [1.29, 1.82) is 0 Å². The van der Waals surface area contributed by atoms with Gasteiger partial charge in [0.15, 0.2) is 0 Å². The van der Waals surface area contributed by atoms with Crippen LogP contribution >= 0.6 is 0 Å². The minimum atomic E-state index is -0.725. The van der Waals surface area contributed by atoms with Gasteiger partial charge in [-0.3, -0.25) is 9.59 Å². The summed E-state index contributed by atoms with van der Waals surface area (Å²) in [6.07, 6.45) is 2.20. The van der Waals surface area contributed by atoms with Crippen LogP contribution in [0.25, 0.3) is 0 Å². The Labute approximate surface area is 96.0 Å². The lowest BCUT2D eigenvalue weighted by Crippen LogP contribution is -2.27. The SMILES string of the molecule is CC(C)CCCC(=O)[C@@H]1C(=O)OC[C@H]1CO. The van der Waals surface area contributed by atoms with Crippen LogP contribution in [0.5, 0.6) is 0 Å². The summed E-state index contributed by atoms with van der Waals surface area (Å²) in [5, 5.41) is 9.03. The Morgan fingerprint density at radius 2 is 2.25 bits per heavy atom. The fraction of sp³-hybridized carbons (Fsp3) is 0.833. The molecule has 1 N–H and O–H groups in total. The van der Waals surface area contributed by atoms with E-state index in [0.717, 1.165) is 12.8 Å². The highest BCUT2D eigenvalue weighted by molar-refractivity contribution is 6.00. The molecule has 0 amide bonds. The topological polar surface area (TPSA) is 63.6 Å². The molecule has 1 heterocycles. The van der Waals surface area contributed by atoms with Gasteiger partial charge < -0.3 is 9.84 Å². The zero-order chi connectivity index (χ0) is 12.1. The van der Waals surface area contributed by atoms with Crippen LogP contribution < -0.4 is 0 Å². The molecule has 0 unspecified atom stereocenters. The lowest BCUT2D eigenvalue weighted by atomic mass is 9.89. The van der Waals surface area contributed by atoms with Gasteiger partial charge in [0.05, 0.1) is 13.2 Å². The molecule has 0 aromatic carbocycles. The van der Waals surface area contributed by atoms with Gasteiger partial charge in [0, 0.05) is 12.3 Å². The van der Waals surface area contributed by atoms with Crippen molar-refractivity contribution in [1.82, 2.24) is 0 Å². The zero-order valence-corrected chi connectivity index (χ0v) is 9.94. The van der Waals surface area contributed by atoms with E-state index in [1.165, 1.54) is 0 Å². The van der Waals surface area contributed by atoms with Crippen LogP contribution in [-0.2, 0) is 14.3 Å². The first-order valence-corrected chi connectivity index (χ1v) is 5.86. The summed E-state index contributed by atoms with van der Waals surface area (Å²) >= 11 is 0. The van der Waals surface area contributed by atoms with Crippen molar-refractivity contribution in [3.8, 4) is 0 Å². The monoisotopic (exact) mass is 228 g/mol. The smallest absolute Gasteiger partial charge is 0.316 e. The Kier molecular flexibility index (Phi) is 4.93. The van der Waals surface area contributed by atoms with Crippen molar-refractivity contribution in [2.75, 3.05) is 13.2 Å². The Bertz CT molecular complexity index is 260. The van der Waals surface area contributed by atoms with Gasteiger partial charge in [-0.25, -0.2) is 0 Å². The van der Waals surface area contributed by atoms with Crippen LogP contribution in [0.4, 0.5) is 0 Å². The molecule has 4 heteroatoms. The third kappa shape index (κ3) is 3.30. The highest BCUT2D eigenvalue weighted by Gasteiger charge is 2.41. The molecule has 1 fully saturated rings.